The summed E-state index contributed by atoms with van der Waals surface area (Å²) in [6.45, 7) is 3.18. The fourth-order valence-corrected chi connectivity index (χ4v) is 3.02. The first-order valence-electron chi connectivity index (χ1n) is 7.47. The van der Waals surface area contributed by atoms with Crippen LogP contribution in [0.5, 0.6) is 11.5 Å². The number of carbonyl (C=O) groups excluding carboxylic acids is 1. The van der Waals surface area contributed by atoms with Gasteiger partial charge < -0.3 is 14.6 Å². The molecule has 0 spiro atoms. The Morgan fingerprint density at radius 1 is 1.32 bits per heavy atom. The summed E-state index contributed by atoms with van der Waals surface area (Å²) >= 11 is 0. The van der Waals surface area contributed by atoms with Crippen LogP contribution in [0.25, 0.3) is 0 Å². The van der Waals surface area contributed by atoms with E-state index in [1.165, 1.54) is 0 Å². The highest BCUT2D eigenvalue weighted by atomic mass is 16.7. The van der Waals surface area contributed by atoms with E-state index < -0.39 is 5.97 Å². The number of likely N-dealkylation sites (tertiary alicyclic amines) is 1. The van der Waals surface area contributed by atoms with Crippen LogP contribution in [0.3, 0.4) is 0 Å². The second-order valence-corrected chi connectivity index (χ2v) is 5.78. The number of nitrogens with zero attached hydrogens (tertiary/aromatic N) is 1. The van der Waals surface area contributed by atoms with E-state index in [0.29, 0.717) is 30.0 Å². The normalized spacial score (nSPS) is 22.3. The molecule has 2 atom stereocenters. The van der Waals surface area contributed by atoms with Gasteiger partial charge in [0.1, 0.15) is 0 Å². The third-order valence-electron chi connectivity index (χ3n) is 4.39. The number of benzene rings is 1. The molecule has 0 aliphatic carbocycles. The molecule has 2 heterocycles. The van der Waals surface area contributed by atoms with Crippen molar-refractivity contribution in [1.82, 2.24) is 4.90 Å². The van der Waals surface area contributed by atoms with Gasteiger partial charge in [0, 0.05) is 12.1 Å². The van der Waals surface area contributed by atoms with Gasteiger partial charge in [0.15, 0.2) is 17.3 Å². The molecule has 22 heavy (non-hydrogen) atoms. The zero-order valence-electron chi connectivity index (χ0n) is 12.4. The molecule has 1 aromatic carbocycles. The molecule has 1 N–H and O–H groups in total. The predicted molar refractivity (Wildman–Crippen MR) is 78.3 cm³/mol. The number of rotatable bonds is 4. The lowest BCUT2D eigenvalue weighted by Crippen LogP contribution is -2.46. The van der Waals surface area contributed by atoms with Crippen molar-refractivity contribution in [2.75, 3.05) is 19.9 Å². The monoisotopic (exact) mass is 305 g/mol. The molecule has 6 nitrogen and oxygen atoms in total. The van der Waals surface area contributed by atoms with E-state index in [4.69, 9.17) is 14.6 Å². The standard InChI is InChI=1S/C16H19NO5/c1-10(17-6-2-3-12(8-17)16(19)20)15(18)11-4-5-13-14(7-11)22-9-21-13/h4-5,7,10,12H,2-3,6,8-9H2,1H3,(H,19,20). The topological polar surface area (TPSA) is 76.1 Å². The Morgan fingerprint density at radius 2 is 2.09 bits per heavy atom. The Morgan fingerprint density at radius 3 is 2.86 bits per heavy atom. The van der Waals surface area contributed by atoms with Crippen molar-refractivity contribution in [1.29, 1.82) is 0 Å². The Balaban J connectivity index is 1.72. The van der Waals surface area contributed by atoms with Crippen LogP contribution >= 0.6 is 0 Å². The zero-order valence-corrected chi connectivity index (χ0v) is 12.4. The molecule has 0 bridgehead atoms. The van der Waals surface area contributed by atoms with Gasteiger partial charge in [0.2, 0.25) is 6.79 Å². The van der Waals surface area contributed by atoms with Crippen molar-refractivity contribution in [2.45, 2.75) is 25.8 Å². The lowest BCUT2D eigenvalue weighted by molar-refractivity contribution is -0.143. The highest BCUT2D eigenvalue weighted by Crippen LogP contribution is 2.33. The highest BCUT2D eigenvalue weighted by molar-refractivity contribution is 6.00. The fourth-order valence-electron chi connectivity index (χ4n) is 3.02. The van der Waals surface area contributed by atoms with Gasteiger partial charge in [-0.3, -0.25) is 14.5 Å². The van der Waals surface area contributed by atoms with E-state index in [1.54, 1.807) is 18.2 Å². The average molecular weight is 305 g/mol. The molecule has 118 valence electrons. The molecule has 1 saturated heterocycles. The first-order valence-corrected chi connectivity index (χ1v) is 7.47. The van der Waals surface area contributed by atoms with Crippen LogP contribution < -0.4 is 9.47 Å². The third-order valence-corrected chi connectivity index (χ3v) is 4.39. The average Bonchev–Trinajstić information content (AvgIpc) is 3.01. The lowest BCUT2D eigenvalue weighted by atomic mass is 9.95. The number of Topliss-reactive ketones (excluding diaryl/α,β-unsaturated/α-hetero) is 1. The maximum atomic E-state index is 12.6. The van der Waals surface area contributed by atoms with E-state index in [1.807, 2.05) is 11.8 Å². The summed E-state index contributed by atoms with van der Waals surface area (Å²) < 4.78 is 10.5. The number of aliphatic carboxylic acids is 1. The molecule has 6 heteroatoms. The largest absolute Gasteiger partial charge is 0.481 e. The summed E-state index contributed by atoms with van der Waals surface area (Å²) in [6.07, 6.45) is 1.48. The van der Waals surface area contributed by atoms with Gasteiger partial charge in [-0.05, 0) is 44.5 Å². The van der Waals surface area contributed by atoms with Gasteiger partial charge in [-0.1, -0.05) is 0 Å². The Labute approximate surface area is 128 Å². The highest BCUT2D eigenvalue weighted by Gasteiger charge is 2.31. The number of carboxylic acids is 1. The summed E-state index contributed by atoms with van der Waals surface area (Å²) in [5.74, 6) is 0.0331. The van der Waals surface area contributed by atoms with Gasteiger partial charge in [-0.25, -0.2) is 0 Å². The lowest BCUT2D eigenvalue weighted by Gasteiger charge is -2.34. The summed E-state index contributed by atoms with van der Waals surface area (Å²) in [6, 6.07) is 4.81. The SMILES string of the molecule is CC(C(=O)c1ccc2c(c1)OCO2)N1CCCC(C(=O)O)C1. The molecule has 2 aliphatic rings. The van der Waals surface area contributed by atoms with Gasteiger partial charge >= 0.3 is 5.97 Å². The molecule has 1 fully saturated rings. The van der Waals surface area contributed by atoms with Crippen molar-refractivity contribution < 1.29 is 24.2 Å². The van der Waals surface area contributed by atoms with Crippen LogP contribution in [0, 0.1) is 5.92 Å². The summed E-state index contributed by atoms with van der Waals surface area (Å²) in [4.78, 5) is 25.7. The van der Waals surface area contributed by atoms with Crippen LogP contribution in [0.1, 0.15) is 30.1 Å². The molecule has 3 rings (SSSR count). The molecular formula is C16H19NO5. The van der Waals surface area contributed by atoms with E-state index in [9.17, 15) is 9.59 Å². The van der Waals surface area contributed by atoms with Crippen LogP contribution in [0.2, 0.25) is 0 Å². The predicted octanol–water partition coefficient (Wildman–Crippen LogP) is 1.78. The third kappa shape index (κ3) is 2.78. The number of hydrogen-bond donors (Lipinski definition) is 1. The fraction of sp³-hybridized carbons (Fsp3) is 0.500. The smallest absolute Gasteiger partial charge is 0.307 e. The minimum Gasteiger partial charge on any atom is -0.481 e. The van der Waals surface area contributed by atoms with Gasteiger partial charge in [0.25, 0.3) is 0 Å². The first kappa shape index (κ1) is 14.8. The molecule has 2 unspecified atom stereocenters. The number of fused-ring (bicyclic) bond motifs is 1. The zero-order chi connectivity index (χ0) is 15.7. The van der Waals surface area contributed by atoms with Crippen LogP contribution in [-0.4, -0.2) is 47.7 Å². The molecular weight excluding hydrogens is 286 g/mol. The maximum Gasteiger partial charge on any atom is 0.307 e. The summed E-state index contributed by atoms with van der Waals surface area (Å²) in [7, 11) is 0. The van der Waals surface area contributed by atoms with Crippen molar-refractivity contribution in [3.63, 3.8) is 0 Å². The van der Waals surface area contributed by atoms with Crippen LogP contribution in [0.4, 0.5) is 0 Å². The molecule has 0 radical (unpaired) electrons. The molecule has 0 aromatic heterocycles. The number of piperidine rings is 1. The minimum atomic E-state index is -0.785. The van der Waals surface area contributed by atoms with E-state index in [-0.39, 0.29) is 24.5 Å². The van der Waals surface area contributed by atoms with Crippen molar-refractivity contribution in [3.05, 3.63) is 23.8 Å². The Hall–Kier alpha value is -2.08. The minimum absolute atomic E-state index is 0.0238. The Kier molecular flexibility index (Phi) is 4.02. The van der Waals surface area contributed by atoms with Crippen molar-refractivity contribution in [3.8, 4) is 11.5 Å². The van der Waals surface area contributed by atoms with Crippen LogP contribution in [0.15, 0.2) is 18.2 Å². The second kappa shape index (κ2) is 5.96. The number of ketones is 1. The van der Waals surface area contributed by atoms with E-state index in [2.05, 4.69) is 0 Å². The van der Waals surface area contributed by atoms with Crippen molar-refractivity contribution >= 4 is 11.8 Å². The number of carboxylic acid groups (broad SMARTS) is 1. The Bertz CT molecular complexity index is 600. The first-order chi connectivity index (χ1) is 10.6. The summed E-state index contributed by atoms with van der Waals surface area (Å²) in [5, 5.41) is 9.16. The van der Waals surface area contributed by atoms with Gasteiger partial charge in [0.05, 0.1) is 12.0 Å². The molecule has 1 aromatic rings. The second-order valence-electron chi connectivity index (χ2n) is 5.78. The van der Waals surface area contributed by atoms with Crippen LogP contribution in [-0.2, 0) is 4.79 Å². The quantitative estimate of drug-likeness (QED) is 0.855. The maximum absolute atomic E-state index is 12.6. The molecule has 2 aliphatic heterocycles. The number of hydrogen-bond acceptors (Lipinski definition) is 5. The number of ether oxygens (including phenoxy) is 2. The van der Waals surface area contributed by atoms with Crippen molar-refractivity contribution in [2.24, 2.45) is 5.92 Å². The van der Waals surface area contributed by atoms with E-state index >= 15 is 0 Å². The summed E-state index contributed by atoms with van der Waals surface area (Å²) in [5.41, 5.74) is 0.564. The van der Waals surface area contributed by atoms with Gasteiger partial charge in [-0.2, -0.15) is 0 Å². The molecule has 0 saturated carbocycles. The molecule has 0 amide bonds. The number of carbonyl (C=O) groups is 2. The van der Waals surface area contributed by atoms with Gasteiger partial charge in [-0.15, -0.1) is 0 Å². The van der Waals surface area contributed by atoms with E-state index in [0.717, 1.165) is 13.0 Å².